The highest BCUT2D eigenvalue weighted by molar-refractivity contribution is 4.92. The lowest BCUT2D eigenvalue weighted by Crippen LogP contribution is -2.54. The van der Waals surface area contributed by atoms with Crippen LogP contribution < -0.4 is 5.32 Å². The molecule has 4 atom stereocenters. The largest absolute Gasteiger partial charge is 0.393 e. The van der Waals surface area contributed by atoms with Crippen molar-refractivity contribution in [1.82, 2.24) is 5.32 Å². The van der Waals surface area contributed by atoms with Crippen LogP contribution in [0.25, 0.3) is 0 Å². The summed E-state index contributed by atoms with van der Waals surface area (Å²) in [4.78, 5) is 0. The lowest BCUT2D eigenvalue weighted by atomic mass is 9.79. The van der Waals surface area contributed by atoms with E-state index in [-0.39, 0.29) is 12.8 Å². The van der Waals surface area contributed by atoms with Crippen LogP contribution in [0.3, 0.4) is 0 Å². The molecule has 2 rings (SSSR count). The second-order valence-corrected chi connectivity index (χ2v) is 6.24. The van der Waals surface area contributed by atoms with Crippen LogP contribution in [0.4, 0.5) is 26.3 Å². The first kappa shape index (κ1) is 16.9. The van der Waals surface area contributed by atoms with Gasteiger partial charge in [-0.2, -0.15) is 26.3 Å². The first-order valence-electron chi connectivity index (χ1n) is 7.59. The first-order chi connectivity index (χ1) is 9.69. The summed E-state index contributed by atoms with van der Waals surface area (Å²) in [5, 5.41) is 2.73. The minimum atomic E-state index is -4.33. The standard InChI is InChI=1S/C14H21F6N/c15-13(16,17)9-5-1-3-7-11(9)21-12-8-4-2-6-10(12)14(18,19)20/h9-12,21H,1-8H2. The molecule has 1 nitrogen and oxygen atoms in total. The third kappa shape index (κ3) is 4.27. The summed E-state index contributed by atoms with van der Waals surface area (Å²) in [6.45, 7) is 0. The van der Waals surface area contributed by atoms with E-state index >= 15 is 0 Å². The molecule has 0 radical (unpaired) electrons. The Hall–Kier alpha value is -0.460. The lowest BCUT2D eigenvalue weighted by Gasteiger charge is -2.40. The van der Waals surface area contributed by atoms with E-state index in [1.807, 2.05) is 0 Å². The van der Waals surface area contributed by atoms with Crippen molar-refractivity contribution in [3.05, 3.63) is 0 Å². The monoisotopic (exact) mass is 317 g/mol. The number of rotatable bonds is 2. The molecule has 0 bridgehead atoms. The highest BCUT2D eigenvalue weighted by atomic mass is 19.4. The summed E-state index contributed by atoms with van der Waals surface area (Å²) in [6.07, 6.45) is -5.72. The Labute approximate surface area is 120 Å². The van der Waals surface area contributed by atoms with Gasteiger partial charge in [0, 0.05) is 12.1 Å². The third-order valence-electron chi connectivity index (χ3n) is 4.80. The molecule has 2 fully saturated rings. The van der Waals surface area contributed by atoms with Crippen molar-refractivity contribution in [2.24, 2.45) is 11.8 Å². The molecular weight excluding hydrogens is 296 g/mol. The molecule has 0 aromatic carbocycles. The highest BCUT2D eigenvalue weighted by Crippen LogP contribution is 2.41. The molecule has 0 saturated heterocycles. The Morgan fingerprint density at radius 2 is 0.905 bits per heavy atom. The second kappa shape index (κ2) is 6.34. The molecule has 7 heteroatoms. The molecule has 2 aliphatic carbocycles. The molecule has 2 aliphatic rings. The fourth-order valence-corrected chi connectivity index (χ4v) is 3.72. The van der Waals surface area contributed by atoms with Crippen molar-refractivity contribution in [3.63, 3.8) is 0 Å². The van der Waals surface area contributed by atoms with Crippen LogP contribution in [0.2, 0.25) is 0 Å². The Balaban J connectivity index is 2.06. The number of halogens is 6. The van der Waals surface area contributed by atoms with Crippen molar-refractivity contribution in [2.75, 3.05) is 0 Å². The van der Waals surface area contributed by atoms with Gasteiger partial charge in [0.25, 0.3) is 0 Å². The number of hydrogen-bond donors (Lipinski definition) is 1. The van der Waals surface area contributed by atoms with E-state index in [4.69, 9.17) is 0 Å². The minimum absolute atomic E-state index is 0.0184. The average Bonchev–Trinajstić information content (AvgIpc) is 2.37. The Morgan fingerprint density at radius 3 is 1.24 bits per heavy atom. The van der Waals surface area contributed by atoms with E-state index in [9.17, 15) is 26.3 Å². The third-order valence-corrected chi connectivity index (χ3v) is 4.80. The second-order valence-electron chi connectivity index (χ2n) is 6.24. The predicted molar refractivity (Wildman–Crippen MR) is 66.7 cm³/mol. The molecule has 124 valence electrons. The van der Waals surface area contributed by atoms with Crippen molar-refractivity contribution < 1.29 is 26.3 Å². The maximum atomic E-state index is 13.0. The maximum Gasteiger partial charge on any atom is 0.393 e. The van der Waals surface area contributed by atoms with Crippen LogP contribution in [0.1, 0.15) is 51.4 Å². The molecule has 2 saturated carbocycles. The molecule has 0 aliphatic heterocycles. The Bertz CT molecular complexity index is 305. The normalized spacial score (nSPS) is 35.7. The molecule has 0 amide bonds. The maximum absolute atomic E-state index is 13.0. The molecule has 4 unspecified atom stereocenters. The van der Waals surface area contributed by atoms with Gasteiger partial charge in [0.1, 0.15) is 0 Å². The number of hydrogen-bond acceptors (Lipinski definition) is 1. The molecular formula is C14H21F6N. The van der Waals surface area contributed by atoms with Gasteiger partial charge in [-0.3, -0.25) is 0 Å². The first-order valence-corrected chi connectivity index (χ1v) is 7.59. The summed E-state index contributed by atoms with van der Waals surface area (Å²) >= 11 is 0. The number of alkyl halides is 6. The van der Waals surface area contributed by atoms with E-state index < -0.39 is 36.3 Å². The highest BCUT2D eigenvalue weighted by Gasteiger charge is 2.49. The smallest absolute Gasteiger partial charge is 0.310 e. The van der Waals surface area contributed by atoms with Gasteiger partial charge in [0.05, 0.1) is 11.8 Å². The van der Waals surface area contributed by atoms with Crippen molar-refractivity contribution >= 4 is 0 Å². The molecule has 21 heavy (non-hydrogen) atoms. The van der Waals surface area contributed by atoms with E-state index in [0.717, 1.165) is 0 Å². The topological polar surface area (TPSA) is 12.0 Å². The molecule has 0 spiro atoms. The molecule has 0 aromatic heterocycles. The summed E-state index contributed by atoms with van der Waals surface area (Å²) in [7, 11) is 0. The summed E-state index contributed by atoms with van der Waals surface area (Å²) in [6, 6.07) is -1.74. The minimum Gasteiger partial charge on any atom is -0.310 e. The zero-order chi connectivity index (χ0) is 15.7. The van der Waals surface area contributed by atoms with Crippen molar-refractivity contribution in [1.29, 1.82) is 0 Å². The van der Waals surface area contributed by atoms with E-state index in [2.05, 4.69) is 5.32 Å². The fourth-order valence-electron chi connectivity index (χ4n) is 3.72. The summed E-state index contributed by atoms with van der Waals surface area (Å²) in [5.41, 5.74) is 0. The molecule has 1 N–H and O–H groups in total. The molecule has 0 heterocycles. The van der Waals surface area contributed by atoms with Crippen LogP contribution in [0, 0.1) is 11.8 Å². The van der Waals surface area contributed by atoms with Gasteiger partial charge in [-0.15, -0.1) is 0 Å². The van der Waals surface area contributed by atoms with Gasteiger partial charge in [-0.25, -0.2) is 0 Å². The van der Waals surface area contributed by atoms with Crippen LogP contribution >= 0.6 is 0 Å². The number of nitrogens with one attached hydrogen (secondary N) is 1. The van der Waals surface area contributed by atoms with Crippen molar-refractivity contribution in [3.8, 4) is 0 Å². The van der Waals surface area contributed by atoms with Gasteiger partial charge in [0.15, 0.2) is 0 Å². The van der Waals surface area contributed by atoms with Gasteiger partial charge in [-0.1, -0.05) is 25.7 Å². The zero-order valence-corrected chi connectivity index (χ0v) is 11.7. The predicted octanol–water partition coefficient (Wildman–Crippen LogP) is 4.82. The molecule has 0 aromatic rings. The van der Waals surface area contributed by atoms with Gasteiger partial charge >= 0.3 is 12.4 Å². The lowest BCUT2D eigenvalue weighted by molar-refractivity contribution is -0.200. The van der Waals surface area contributed by atoms with E-state index in [0.29, 0.717) is 38.5 Å². The summed E-state index contributed by atoms with van der Waals surface area (Å²) < 4.78 is 78.1. The van der Waals surface area contributed by atoms with Gasteiger partial charge < -0.3 is 5.32 Å². The van der Waals surface area contributed by atoms with E-state index in [1.54, 1.807) is 0 Å². The van der Waals surface area contributed by atoms with Crippen LogP contribution in [-0.4, -0.2) is 24.4 Å². The van der Waals surface area contributed by atoms with Crippen molar-refractivity contribution in [2.45, 2.75) is 75.8 Å². The van der Waals surface area contributed by atoms with Gasteiger partial charge in [0.2, 0.25) is 0 Å². The Kier molecular flexibility index (Phi) is 5.11. The van der Waals surface area contributed by atoms with Gasteiger partial charge in [-0.05, 0) is 25.7 Å². The fraction of sp³-hybridized carbons (Fsp3) is 1.00. The quantitative estimate of drug-likeness (QED) is 0.720. The average molecular weight is 317 g/mol. The van der Waals surface area contributed by atoms with Crippen LogP contribution in [0.5, 0.6) is 0 Å². The Morgan fingerprint density at radius 1 is 0.571 bits per heavy atom. The SMILES string of the molecule is FC(F)(F)C1CCCCC1NC1CCCCC1C(F)(F)F. The summed E-state index contributed by atoms with van der Waals surface area (Å²) in [5.74, 6) is -3.02. The van der Waals surface area contributed by atoms with Crippen LogP contribution in [0.15, 0.2) is 0 Å². The van der Waals surface area contributed by atoms with Crippen LogP contribution in [-0.2, 0) is 0 Å². The van der Waals surface area contributed by atoms with E-state index in [1.165, 1.54) is 0 Å². The zero-order valence-electron chi connectivity index (χ0n) is 11.7.